The summed E-state index contributed by atoms with van der Waals surface area (Å²) in [7, 11) is 0. The highest BCUT2D eigenvalue weighted by atomic mass is 32.2. The van der Waals surface area contributed by atoms with Gasteiger partial charge >= 0.3 is 6.09 Å². The van der Waals surface area contributed by atoms with E-state index in [4.69, 9.17) is 9.47 Å². The fourth-order valence-corrected chi connectivity index (χ4v) is 4.24. The summed E-state index contributed by atoms with van der Waals surface area (Å²) in [5, 5.41) is 2.74. The van der Waals surface area contributed by atoms with E-state index in [1.54, 1.807) is 0 Å². The van der Waals surface area contributed by atoms with E-state index >= 15 is 0 Å². The van der Waals surface area contributed by atoms with Crippen molar-refractivity contribution in [1.29, 1.82) is 0 Å². The van der Waals surface area contributed by atoms with Crippen molar-refractivity contribution in [3.8, 4) is 5.75 Å². The van der Waals surface area contributed by atoms with Gasteiger partial charge in [0.2, 0.25) is 0 Å². The maximum atomic E-state index is 12.2. The predicted molar refractivity (Wildman–Crippen MR) is 107 cm³/mol. The summed E-state index contributed by atoms with van der Waals surface area (Å²) in [6, 6.07) is 13.4. The highest BCUT2D eigenvalue weighted by molar-refractivity contribution is 7.91. The molecular formula is C21H25NO4S. The molecule has 1 amide bonds. The van der Waals surface area contributed by atoms with Crippen molar-refractivity contribution >= 4 is 23.0 Å². The molecule has 1 atom stereocenters. The third-order valence-corrected chi connectivity index (χ3v) is 5.99. The Morgan fingerprint density at radius 3 is 2.67 bits per heavy atom. The lowest BCUT2D eigenvalue weighted by molar-refractivity contribution is 0.0418. The van der Waals surface area contributed by atoms with Gasteiger partial charge < -0.3 is 14.0 Å². The Morgan fingerprint density at radius 2 is 1.93 bits per heavy atom. The van der Waals surface area contributed by atoms with E-state index in [9.17, 15) is 9.35 Å². The molecule has 1 N–H and O–H groups in total. The number of anilines is 1. The number of fused-ring (bicyclic) bond motifs is 1. The second kappa shape index (κ2) is 8.23. The van der Waals surface area contributed by atoms with Crippen molar-refractivity contribution in [3.05, 3.63) is 53.6 Å². The Morgan fingerprint density at radius 1 is 1.19 bits per heavy atom. The molecule has 27 heavy (non-hydrogen) atoms. The quantitative estimate of drug-likeness (QED) is 0.549. The smallest absolute Gasteiger partial charge is 0.412 e. The maximum Gasteiger partial charge on any atom is 0.412 e. The van der Waals surface area contributed by atoms with Gasteiger partial charge in [0, 0.05) is 5.56 Å². The maximum absolute atomic E-state index is 12.2. The minimum atomic E-state index is -0.964. The SMILES string of the molecule is Cc1cc2c(cc1OCCCC[S+]([O-])c1ccccc1)C(C)(C)OC(=O)N2. The number of unbranched alkanes of at least 4 members (excludes halogenated alkanes) is 1. The number of carbonyl (C=O) groups excluding carboxylic acids is 1. The zero-order valence-corrected chi connectivity index (χ0v) is 16.7. The molecule has 2 aromatic rings. The van der Waals surface area contributed by atoms with E-state index in [1.807, 2.05) is 63.2 Å². The second-order valence-electron chi connectivity index (χ2n) is 7.11. The zero-order valence-electron chi connectivity index (χ0n) is 15.9. The van der Waals surface area contributed by atoms with Crippen LogP contribution in [0, 0.1) is 6.92 Å². The van der Waals surface area contributed by atoms with Gasteiger partial charge in [-0.1, -0.05) is 18.2 Å². The van der Waals surface area contributed by atoms with Crippen molar-refractivity contribution in [1.82, 2.24) is 0 Å². The van der Waals surface area contributed by atoms with Crippen LogP contribution in [0.25, 0.3) is 0 Å². The minimum absolute atomic E-state index is 0.438. The summed E-state index contributed by atoms with van der Waals surface area (Å²) in [5.41, 5.74) is 1.92. The largest absolute Gasteiger partial charge is 0.611 e. The molecule has 1 heterocycles. The number of cyclic esters (lactones) is 1. The van der Waals surface area contributed by atoms with Gasteiger partial charge in [-0.05, 0) is 74.6 Å². The first kappa shape index (κ1) is 19.6. The average molecular weight is 388 g/mol. The molecule has 0 saturated carbocycles. The molecule has 1 aliphatic heterocycles. The lowest BCUT2D eigenvalue weighted by atomic mass is 9.93. The first-order chi connectivity index (χ1) is 12.9. The molecule has 1 unspecified atom stereocenters. The number of hydrogen-bond acceptors (Lipinski definition) is 4. The van der Waals surface area contributed by atoms with E-state index < -0.39 is 22.9 Å². The van der Waals surface area contributed by atoms with Crippen molar-refractivity contribution in [2.45, 2.75) is 44.1 Å². The molecule has 6 heteroatoms. The fourth-order valence-electron chi connectivity index (χ4n) is 3.07. The molecule has 0 bridgehead atoms. The summed E-state index contributed by atoms with van der Waals surface area (Å²) < 4.78 is 23.5. The molecule has 144 valence electrons. The third kappa shape index (κ3) is 4.76. The molecule has 5 nitrogen and oxygen atoms in total. The van der Waals surface area contributed by atoms with Gasteiger partial charge in [-0.2, -0.15) is 0 Å². The molecule has 0 fully saturated rings. The molecule has 0 saturated heterocycles. The molecule has 0 radical (unpaired) electrons. The summed E-state index contributed by atoms with van der Waals surface area (Å²) >= 11 is -0.964. The van der Waals surface area contributed by atoms with Gasteiger partial charge in [-0.25, -0.2) is 4.79 Å². The number of rotatable bonds is 7. The molecule has 3 rings (SSSR count). The van der Waals surface area contributed by atoms with Crippen molar-refractivity contribution in [2.24, 2.45) is 0 Å². The van der Waals surface area contributed by atoms with Crippen molar-refractivity contribution in [2.75, 3.05) is 17.7 Å². The number of hydrogen-bond donors (Lipinski definition) is 1. The van der Waals surface area contributed by atoms with Gasteiger partial charge in [-0.3, -0.25) is 5.32 Å². The van der Waals surface area contributed by atoms with Crippen LogP contribution in [0.1, 0.15) is 37.8 Å². The Labute approximate surface area is 163 Å². The van der Waals surface area contributed by atoms with E-state index in [0.29, 0.717) is 12.4 Å². The van der Waals surface area contributed by atoms with E-state index in [2.05, 4.69) is 5.32 Å². The van der Waals surface area contributed by atoms with Crippen LogP contribution in [0.15, 0.2) is 47.4 Å². The second-order valence-corrected chi connectivity index (χ2v) is 8.68. The van der Waals surface area contributed by atoms with Crippen LogP contribution in [-0.2, 0) is 21.5 Å². The Kier molecular flexibility index (Phi) is 5.97. The summed E-state index contributed by atoms with van der Waals surface area (Å²) in [4.78, 5) is 12.5. The Bertz CT molecular complexity index is 807. The lowest BCUT2D eigenvalue weighted by Crippen LogP contribution is -2.34. The topological polar surface area (TPSA) is 70.6 Å². The van der Waals surface area contributed by atoms with Crippen LogP contribution < -0.4 is 10.1 Å². The number of aryl methyl sites for hydroxylation is 1. The molecule has 0 spiro atoms. The minimum Gasteiger partial charge on any atom is -0.611 e. The third-order valence-electron chi connectivity index (χ3n) is 4.54. The molecule has 0 aliphatic carbocycles. The number of benzene rings is 2. The van der Waals surface area contributed by atoms with Gasteiger partial charge in [0.05, 0.1) is 12.3 Å². The van der Waals surface area contributed by atoms with Crippen LogP contribution in [0.2, 0.25) is 0 Å². The van der Waals surface area contributed by atoms with Crippen LogP contribution in [-0.4, -0.2) is 23.0 Å². The Hall–Kier alpha value is -2.18. The molecule has 2 aromatic carbocycles. The fraction of sp³-hybridized carbons (Fsp3) is 0.381. The van der Waals surface area contributed by atoms with Gasteiger partial charge in [0.1, 0.15) is 17.1 Å². The first-order valence-corrected chi connectivity index (χ1v) is 10.4. The standard InChI is InChI=1S/C21H25NO4S/c1-15-13-18-17(21(2,3)26-20(23)22-18)14-19(15)25-11-7-8-12-27(24)16-9-5-4-6-10-16/h4-6,9-10,13-14H,7-8,11-12H2,1-3H3,(H,22,23). The van der Waals surface area contributed by atoms with Crippen LogP contribution in [0.4, 0.5) is 10.5 Å². The summed E-state index contributed by atoms with van der Waals surface area (Å²) in [5.74, 6) is 1.41. The number of carbonyl (C=O) groups is 1. The number of amides is 1. The van der Waals surface area contributed by atoms with Crippen molar-refractivity contribution in [3.63, 3.8) is 0 Å². The summed E-state index contributed by atoms with van der Waals surface area (Å²) in [6.45, 7) is 6.24. The summed E-state index contributed by atoms with van der Waals surface area (Å²) in [6.07, 6.45) is 1.22. The number of ether oxygens (including phenoxy) is 2. The lowest BCUT2D eigenvalue weighted by Gasteiger charge is -2.33. The van der Waals surface area contributed by atoms with Crippen molar-refractivity contribution < 1.29 is 18.8 Å². The highest BCUT2D eigenvalue weighted by Crippen LogP contribution is 2.39. The van der Waals surface area contributed by atoms with Crippen LogP contribution >= 0.6 is 0 Å². The van der Waals surface area contributed by atoms with Gasteiger partial charge in [0.25, 0.3) is 0 Å². The van der Waals surface area contributed by atoms with Gasteiger partial charge in [-0.15, -0.1) is 0 Å². The molecule has 1 aliphatic rings. The zero-order chi connectivity index (χ0) is 19.4. The van der Waals surface area contributed by atoms with Crippen LogP contribution in [0.5, 0.6) is 5.75 Å². The Balaban J connectivity index is 1.54. The monoisotopic (exact) mass is 387 g/mol. The van der Waals surface area contributed by atoms with E-state index in [0.717, 1.165) is 40.3 Å². The predicted octanol–water partition coefficient (Wildman–Crippen LogP) is 4.76. The average Bonchev–Trinajstić information content (AvgIpc) is 2.62. The van der Waals surface area contributed by atoms with Crippen LogP contribution in [0.3, 0.4) is 0 Å². The van der Waals surface area contributed by atoms with Gasteiger partial charge in [0.15, 0.2) is 4.90 Å². The highest BCUT2D eigenvalue weighted by Gasteiger charge is 2.34. The van der Waals surface area contributed by atoms with E-state index in [1.165, 1.54) is 0 Å². The molecule has 0 aromatic heterocycles. The van der Waals surface area contributed by atoms with E-state index in [-0.39, 0.29) is 0 Å². The normalized spacial score (nSPS) is 16.1. The number of nitrogens with one attached hydrogen (secondary N) is 1. The first-order valence-electron chi connectivity index (χ1n) is 9.08. The molecular weight excluding hydrogens is 362 g/mol.